The van der Waals surface area contributed by atoms with Crippen molar-refractivity contribution in [1.29, 1.82) is 0 Å². The quantitative estimate of drug-likeness (QED) is 0.807. The SMILES string of the molecule is COCC(N)C(=O)NCC1(c2ccccc2C)CC1. The highest BCUT2D eigenvalue weighted by molar-refractivity contribution is 5.81. The molecule has 1 unspecified atom stereocenters. The standard InChI is InChI=1S/C15H22N2O2/c1-11-5-3-4-6-12(11)15(7-8-15)10-17-14(18)13(16)9-19-2/h3-6,13H,7-10,16H2,1-2H3,(H,17,18). The zero-order valence-corrected chi connectivity index (χ0v) is 11.6. The van der Waals surface area contributed by atoms with E-state index in [0.717, 1.165) is 12.8 Å². The van der Waals surface area contributed by atoms with Gasteiger partial charge in [0.15, 0.2) is 0 Å². The summed E-state index contributed by atoms with van der Waals surface area (Å²) in [6.45, 7) is 3.03. The molecule has 1 amide bonds. The van der Waals surface area contributed by atoms with Crippen molar-refractivity contribution in [3.63, 3.8) is 0 Å². The van der Waals surface area contributed by atoms with Gasteiger partial charge >= 0.3 is 0 Å². The van der Waals surface area contributed by atoms with Crippen molar-refractivity contribution in [3.8, 4) is 0 Å². The molecular formula is C15H22N2O2. The molecule has 0 aliphatic heterocycles. The van der Waals surface area contributed by atoms with Crippen LogP contribution in [0.3, 0.4) is 0 Å². The van der Waals surface area contributed by atoms with E-state index >= 15 is 0 Å². The van der Waals surface area contributed by atoms with Crippen LogP contribution < -0.4 is 11.1 Å². The highest BCUT2D eigenvalue weighted by Gasteiger charge is 2.45. The molecule has 1 aromatic carbocycles. The van der Waals surface area contributed by atoms with Crippen molar-refractivity contribution in [2.45, 2.75) is 31.2 Å². The first-order valence-corrected chi connectivity index (χ1v) is 6.67. The monoisotopic (exact) mass is 262 g/mol. The van der Waals surface area contributed by atoms with Crippen LogP contribution in [0.4, 0.5) is 0 Å². The van der Waals surface area contributed by atoms with Crippen molar-refractivity contribution in [2.24, 2.45) is 5.73 Å². The first kappa shape index (κ1) is 14.0. The third kappa shape index (κ3) is 3.14. The molecule has 4 heteroatoms. The molecule has 2 rings (SSSR count). The van der Waals surface area contributed by atoms with Crippen LogP contribution in [0.5, 0.6) is 0 Å². The third-order valence-corrected chi connectivity index (χ3v) is 3.85. The van der Waals surface area contributed by atoms with Crippen molar-refractivity contribution < 1.29 is 9.53 Å². The van der Waals surface area contributed by atoms with Gasteiger partial charge < -0.3 is 15.8 Å². The zero-order valence-electron chi connectivity index (χ0n) is 11.6. The Labute approximate surface area is 114 Å². The maximum absolute atomic E-state index is 11.8. The van der Waals surface area contributed by atoms with Crippen LogP contribution in [0, 0.1) is 6.92 Å². The second-order valence-electron chi connectivity index (χ2n) is 5.37. The largest absolute Gasteiger partial charge is 0.383 e. The Balaban J connectivity index is 1.96. The Hall–Kier alpha value is -1.39. The fraction of sp³-hybridized carbons (Fsp3) is 0.533. The van der Waals surface area contributed by atoms with Gasteiger partial charge in [0.1, 0.15) is 6.04 Å². The number of hydrogen-bond donors (Lipinski definition) is 2. The van der Waals surface area contributed by atoms with Gasteiger partial charge in [0, 0.05) is 19.1 Å². The fourth-order valence-electron chi connectivity index (χ4n) is 2.50. The van der Waals surface area contributed by atoms with E-state index in [4.69, 9.17) is 10.5 Å². The summed E-state index contributed by atoms with van der Waals surface area (Å²) in [4.78, 5) is 11.8. The fourth-order valence-corrected chi connectivity index (χ4v) is 2.50. The van der Waals surface area contributed by atoms with Gasteiger partial charge in [-0.05, 0) is 30.9 Å². The van der Waals surface area contributed by atoms with Crippen LogP contribution in [0.2, 0.25) is 0 Å². The second kappa shape index (κ2) is 5.72. The van der Waals surface area contributed by atoms with E-state index in [-0.39, 0.29) is 17.9 Å². The molecule has 0 heterocycles. The lowest BCUT2D eigenvalue weighted by Crippen LogP contribution is -2.45. The van der Waals surface area contributed by atoms with E-state index in [0.29, 0.717) is 6.54 Å². The predicted octanol–water partition coefficient (Wildman–Crippen LogP) is 1.12. The molecule has 1 saturated carbocycles. The summed E-state index contributed by atoms with van der Waals surface area (Å²) in [5.74, 6) is -0.137. The van der Waals surface area contributed by atoms with Crippen molar-refractivity contribution in [3.05, 3.63) is 35.4 Å². The molecule has 1 aromatic rings. The van der Waals surface area contributed by atoms with Crippen molar-refractivity contribution >= 4 is 5.91 Å². The smallest absolute Gasteiger partial charge is 0.239 e. The number of nitrogens with two attached hydrogens (primary N) is 1. The Morgan fingerprint density at radius 3 is 2.74 bits per heavy atom. The Morgan fingerprint density at radius 1 is 1.47 bits per heavy atom. The number of methoxy groups -OCH3 is 1. The molecule has 1 aliphatic rings. The van der Waals surface area contributed by atoms with Gasteiger partial charge in [0.05, 0.1) is 6.61 Å². The minimum Gasteiger partial charge on any atom is -0.383 e. The summed E-state index contributed by atoms with van der Waals surface area (Å²) >= 11 is 0. The number of nitrogens with one attached hydrogen (secondary N) is 1. The molecule has 19 heavy (non-hydrogen) atoms. The molecule has 0 aromatic heterocycles. The Morgan fingerprint density at radius 2 is 2.16 bits per heavy atom. The first-order valence-electron chi connectivity index (χ1n) is 6.67. The molecular weight excluding hydrogens is 240 g/mol. The summed E-state index contributed by atoms with van der Waals surface area (Å²) in [5, 5.41) is 2.95. The number of hydrogen-bond acceptors (Lipinski definition) is 3. The average Bonchev–Trinajstić information content (AvgIpc) is 3.18. The van der Waals surface area contributed by atoms with Gasteiger partial charge in [-0.3, -0.25) is 4.79 Å². The average molecular weight is 262 g/mol. The molecule has 1 atom stereocenters. The van der Waals surface area contributed by atoms with Gasteiger partial charge in [-0.2, -0.15) is 0 Å². The molecule has 4 nitrogen and oxygen atoms in total. The van der Waals surface area contributed by atoms with Crippen LogP contribution in [-0.2, 0) is 14.9 Å². The van der Waals surface area contributed by atoms with Gasteiger partial charge in [-0.25, -0.2) is 0 Å². The first-order chi connectivity index (χ1) is 9.09. The minimum absolute atomic E-state index is 0.119. The highest BCUT2D eigenvalue weighted by Crippen LogP contribution is 2.48. The Bertz CT molecular complexity index is 455. The summed E-state index contributed by atoms with van der Waals surface area (Å²) in [6, 6.07) is 7.79. The van der Waals surface area contributed by atoms with E-state index in [2.05, 4.69) is 30.4 Å². The normalized spacial score (nSPS) is 17.8. The lowest BCUT2D eigenvalue weighted by molar-refractivity contribution is -0.123. The van der Waals surface area contributed by atoms with Crippen LogP contribution in [0.15, 0.2) is 24.3 Å². The van der Waals surface area contributed by atoms with Gasteiger partial charge in [-0.15, -0.1) is 0 Å². The van der Waals surface area contributed by atoms with Gasteiger partial charge in [-0.1, -0.05) is 24.3 Å². The minimum atomic E-state index is -0.585. The number of benzene rings is 1. The molecule has 3 N–H and O–H groups in total. The maximum atomic E-state index is 11.8. The van der Waals surface area contributed by atoms with Crippen molar-refractivity contribution in [2.75, 3.05) is 20.3 Å². The summed E-state index contributed by atoms with van der Waals surface area (Å²) in [5.41, 5.74) is 8.46. The number of amides is 1. The molecule has 0 spiro atoms. The van der Waals surface area contributed by atoms with Crippen LogP contribution in [0.25, 0.3) is 0 Å². The van der Waals surface area contributed by atoms with Gasteiger partial charge in [0.25, 0.3) is 0 Å². The van der Waals surface area contributed by atoms with Crippen molar-refractivity contribution in [1.82, 2.24) is 5.32 Å². The highest BCUT2D eigenvalue weighted by atomic mass is 16.5. The topological polar surface area (TPSA) is 64.3 Å². The summed E-state index contributed by atoms with van der Waals surface area (Å²) < 4.78 is 4.89. The number of carbonyl (C=O) groups excluding carboxylic acids is 1. The van der Waals surface area contributed by atoms with Crippen LogP contribution in [0.1, 0.15) is 24.0 Å². The number of aryl methyl sites for hydroxylation is 1. The number of rotatable bonds is 6. The van der Waals surface area contributed by atoms with Crippen LogP contribution in [-0.4, -0.2) is 32.2 Å². The van der Waals surface area contributed by atoms with Gasteiger partial charge in [0.2, 0.25) is 5.91 Å². The summed E-state index contributed by atoms with van der Waals surface area (Å²) in [7, 11) is 1.54. The lowest BCUT2D eigenvalue weighted by atomic mass is 9.92. The Kier molecular flexibility index (Phi) is 4.22. The number of carbonyl (C=O) groups is 1. The van der Waals surface area contributed by atoms with E-state index in [1.54, 1.807) is 7.11 Å². The lowest BCUT2D eigenvalue weighted by Gasteiger charge is -2.20. The number of ether oxygens (including phenoxy) is 1. The van der Waals surface area contributed by atoms with E-state index in [9.17, 15) is 4.79 Å². The predicted molar refractivity (Wildman–Crippen MR) is 75.0 cm³/mol. The molecule has 1 fully saturated rings. The molecule has 0 radical (unpaired) electrons. The van der Waals surface area contributed by atoms with Crippen LogP contribution >= 0.6 is 0 Å². The molecule has 0 bridgehead atoms. The van der Waals surface area contributed by atoms with E-state index in [1.165, 1.54) is 11.1 Å². The molecule has 0 saturated heterocycles. The maximum Gasteiger partial charge on any atom is 0.239 e. The summed E-state index contributed by atoms with van der Waals surface area (Å²) in [6.07, 6.45) is 2.25. The van der Waals surface area contributed by atoms with E-state index < -0.39 is 6.04 Å². The van der Waals surface area contributed by atoms with E-state index in [1.807, 2.05) is 6.07 Å². The molecule has 104 valence electrons. The zero-order chi connectivity index (χ0) is 13.9. The molecule has 1 aliphatic carbocycles. The third-order valence-electron chi connectivity index (χ3n) is 3.85. The second-order valence-corrected chi connectivity index (χ2v) is 5.37.